The van der Waals surface area contributed by atoms with Crippen molar-refractivity contribution in [3.63, 3.8) is 0 Å². The van der Waals surface area contributed by atoms with Crippen molar-refractivity contribution in [2.45, 2.75) is 24.3 Å². The number of hydrazine groups is 1. The van der Waals surface area contributed by atoms with Gasteiger partial charge in [-0.3, -0.25) is 14.8 Å². The number of piperidine rings is 1. The summed E-state index contributed by atoms with van der Waals surface area (Å²) in [7, 11) is 0. The Labute approximate surface area is 200 Å². The number of benzene rings is 2. The molecule has 0 atom stereocenters. The molecule has 0 saturated carbocycles. The molecule has 1 aliphatic rings. The summed E-state index contributed by atoms with van der Waals surface area (Å²) in [6.45, 7) is 1.68. The van der Waals surface area contributed by atoms with E-state index in [0.717, 1.165) is 36.6 Å². The molecule has 9 heteroatoms. The number of hydrogen-bond acceptors (Lipinski definition) is 4. The van der Waals surface area contributed by atoms with E-state index in [4.69, 9.17) is 39.8 Å². The average Bonchev–Trinajstić information content (AvgIpc) is 3.14. The first-order chi connectivity index (χ1) is 15.0. The van der Waals surface area contributed by atoms with E-state index in [1.165, 1.54) is 18.2 Å². The standard InChI is InChI=1S/C22H21Cl3N4OS/c1-31-22-19(21(30)27-28-11-3-2-4-12-28)26-20(17-10-7-15(24)13-18(17)25)29(22)16-8-5-14(23)6-9-16/h5-10,13H,2-4,11-12H2,1H3,(H,27,30). The Bertz CT molecular complexity index is 1090. The summed E-state index contributed by atoms with van der Waals surface area (Å²) >= 11 is 20.2. The molecule has 0 aliphatic carbocycles. The van der Waals surface area contributed by atoms with Crippen LogP contribution in [0.5, 0.6) is 0 Å². The van der Waals surface area contributed by atoms with Gasteiger partial charge in [0.05, 0.1) is 5.02 Å². The highest BCUT2D eigenvalue weighted by Gasteiger charge is 2.26. The quantitative estimate of drug-likeness (QED) is 0.419. The minimum Gasteiger partial charge on any atom is -0.286 e. The van der Waals surface area contributed by atoms with Crippen molar-refractivity contribution < 1.29 is 4.79 Å². The van der Waals surface area contributed by atoms with Crippen LogP contribution in [0, 0.1) is 0 Å². The molecule has 162 valence electrons. The van der Waals surface area contributed by atoms with E-state index in [2.05, 4.69) is 5.43 Å². The average molecular weight is 496 g/mol. The smallest absolute Gasteiger partial charge is 0.286 e. The van der Waals surface area contributed by atoms with Crippen molar-refractivity contribution in [1.29, 1.82) is 0 Å². The number of amides is 1. The van der Waals surface area contributed by atoms with Crippen LogP contribution in [0.3, 0.4) is 0 Å². The number of halogens is 3. The zero-order valence-electron chi connectivity index (χ0n) is 16.9. The molecule has 1 aromatic heterocycles. The lowest BCUT2D eigenvalue weighted by atomic mass is 10.2. The van der Waals surface area contributed by atoms with Gasteiger partial charge in [0.25, 0.3) is 5.91 Å². The Morgan fingerprint density at radius 3 is 2.32 bits per heavy atom. The third kappa shape index (κ3) is 4.89. The van der Waals surface area contributed by atoms with E-state index in [9.17, 15) is 4.79 Å². The first-order valence-corrected chi connectivity index (χ1v) is 12.3. The van der Waals surface area contributed by atoms with E-state index in [1.54, 1.807) is 12.1 Å². The normalized spacial score (nSPS) is 14.6. The number of nitrogens with zero attached hydrogens (tertiary/aromatic N) is 3. The zero-order valence-corrected chi connectivity index (χ0v) is 20.0. The first kappa shape index (κ1) is 22.5. The van der Waals surface area contributed by atoms with Gasteiger partial charge < -0.3 is 0 Å². The van der Waals surface area contributed by atoms with Gasteiger partial charge in [-0.15, -0.1) is 11.8 Å². The van der Waals surface area contributed by atoms with E-state index >= 15 is 0 Å². The van der Waals surface area contributed by atoms with Crippen LogP contribution in [0.4, 0.5) is 0 Å². The van der Waals surface area contributed by atoms with Crippen molar-refractivity contribution in [2.75, 3.05) is 19.3 Å². The predicted octanol–water partition coefficient (Wildman–Crippen LogP) is 6.35. The number of carbonyl (C=O) groups is 1. The lowest BCUT2D eigenvalue weighted by Gasteiger charge is -2.26. The number of rotatable bonds is 5. The Kier molecular flexibility index (Phi) is 7.14. The molecular formula is C22H21Cl3N4OS. The van der Waals surface area contributed by atoms with Gasteiger partial charge in [-0.2, -0.15) is 0 Å². The molecule has 31 heavy (non-hydrogen) atoms. The lowest BCUT2D eigenvalue weighted by molar-refractivity contribution is 0.0741. The second-order valence-electron chi connectivity index (χ2n) is 7.22. The fourth-order valence-electron chi connectivity index (χ4n) is 3.63. The molecule has 0 spiro atoms. The highest BCUT2D eigenvalue weighted by Crippen LogP contribution is 2.36. The fourth-order valence-corrected chi connectivity index (χ4v) is 4.95. The van der Waals surface area contributed by atoms with Crippen LogP contribution in [0.15, 0.2) is 47.5 Å². The van der Waals surface area contributed by atoms with E-state index < -0.39 is 0 Å². The van der Waals surface area contributed by atoms with Gasteiger partial charge in [-0.05, 0) is 61.6 Å². The monoisotopic (exact) mass is 494 g/mol. The molecule has 1 aliphatic heterocycles. The third-order valence-electron chi connectivity index (χ3n) is 5.12. The van der Waals surface area contributed by atoms with Crippen LogP contribution in [0.1, 0.15) is 29.8 Å². The van der Waals surface area contributed by atoms with Crippen LogP contribution in [-0.2, 0) is 0 Å². The number of aromatic nitrogens is 2. The van der Waals surface area contributed by atoms with E-state index in [0.29, 0.717) is 32.1 Å². The van der Waals surface area contributed by atoms with Crippen LogP contribution < -0.4 is 5.43 Å². The summed E-state index contributed by atoms with van der Waals surface area (Å²) in [4.78, 5) is 17.9. The van der Waals surface area contributed by atoms with Gasteiger partial charge in [0.15, 0.2) is 5.69 Å². The van der Waals surface area contributed by atoms with Gasteiger partial charge in [-0.25, -0.2) is 9.99 Å². The molecule has 2 aromatic carbocycles. The second-order valence-corrected chi connectivity index (χ2v) is 9.29. The highest BCUT2D eigenvalue weighted by molar-refractivity contribution is 7.98. The number of carbonyl (C=O) groups excluding carboxylic acids is 1. The Balaban J connectivity index is 1.84. The molecule has 1 N–H and O–H groups in total. The molecular weight excluding hydrogens is 475 g/mol. The number of thioether (sulfide) groups is 1. The summed E-state index contributed by atoms with van der Waals surface area (Å²) in [5.41, 5.74) is 4.89. The molecule has 3 aromatic rings. The molecule has 1 saturated heterocycles. The SMILES string of the molecule is CSc1c(C(=O)NN2CCCCC2)nc(-c2ccc(Cl)cc2Cl)n1-c1ccc(Cl)cc1. The summed E-state index contributed by atoms with van der Waals surface area (Å²) in [6, 6.07) is 12.6. The number of imidazole rings is 1. The third-order valence-corrected chi connectivity index (χ3v) is 6.68. The molecule has 0 radical (unpaired) electrons. The maximum atomic E-state index is 13.2. The first-order valence-electron chi connectivity index (χ1n) is 9.92. The second kappa shape index (κ2) is 9.84. The molecule has 0 unspecified atom stereocenters. The van der Waals surface area contributed by atoms with Crippen LogP contribution in [0.2, 0.25) is 15.1 Å². The minimum absolute atomic E-state index is 0.231. The lowest BCUT2D eigenvalue weighted by Crippen LogP contribution is -2.45. The minimum atomic E-state index is -0.231. The molecule has 5 nitrogen and oxygen atoms in total. The van der Waals surface area contributed by atoms with Crippen LogP contribution in [-0.4, -0.2) is 39.8 Å². The summed E-state index contributed by atoms with van der Waals surface area (Å²) in [6.07, 6.45) is 5.25. The molecule has 1 fully saturated rings. The van der Waals surface area contributed by atoms with Gasteiger partial charge in [-0.1, -0.05) is 41.2 Å². The number of nitrogens with one attached hydrogen (secondary N) is 1. The number of hydrogen-bond donors (Lipinski definition) is 1. The van der Waals surface area contributed by atoms with E-state index in [1.807, 2.05) is 46.2 Å². The van der Waals surface area contributed by atoms with Gasteiger partial charge in [0.2, 0.25) is 0 Å². The highest BCUT2D eigenvalue weighted by atomic mass is 35.5. The van der Waals surface area contributed by atoms with Crippen LogP contribution >= 0.6 is 46.6 Å². The summed E-state index contributed by atoms with van der Waals surface area (Å²) < 4.78 is 1.93. The Morgan fingerprint density at radius 2 is 1.68 bits per heavy atom. The van der Waals surface area contributed by atoms with Crippen molar-refractivity contribution in [1.82, 2.24) is 20.0 Å². The van der Waals surface area contributed by atoms with Gasteiger partial charge >= 0.3 is 0 Å². The Morgan fingerprint density at radius 1 is 1.00 bits per heavy atom. The van der Waals surface area contributed by atoms with Gasteiger partial charge in [0.1, 0.15) is 10.9 Å². The summed E-state index contributed by atoms with van der Waals surface area (Å²) in [5, 5.41) is 4.31. The topological polar surface area (TPSA) is 50.2 Å². The van der Waals surface area contributed by atoms with Crippen molar-refractivity contribution in [3.05, 3.63) is 63.2 Å². The van der Waals surface area contributed by atoms with Crippen molar-refractivity contribution in [3.8, 4) is 17.1 Å². The molecule has 4 rings (SSSR count). The summed E-state index contributed by atoms with van der Waals surface area (Å²) in [5.74, 6) is 0.336. The Hall–Kier alpha value is -1.70. The molecule has 1 amide bonds. The maximum Gasteiger partial charge on any atom is 0.287 e. The fraction of sp³-hybridized carbons (Fsp3) is 0.273. The van der Waals surface area contributed by atoms with Gasteiger partial charge in [0, 0.05) is 34.4 Å². The van der Waals surface area contributed by atoms with Crippen molar-refractivity contribution >= 4 is 52.5 Å². The maximum absolute atomic E-state index is 13.2. The van der Waals surface area contributed by atoms with Crippen molar-refractivity contribution in [2.24, 2.45) is 0 Å². The van der Waals surface area contributed by atoms with E-state index in [-0.39, 0.29) is 5.91 Å². The predicted molar refractivity (Wildman–Crippen MR) is 129 cm³/mol. The van der Waals surface area contributed by atoms with Crippen LogP contribution in [0.25, 0.3) is 17.1 Å². The molecule has 2 heterocycles. The largest absolute Gasteiger partial charge is 0.287 e. The molecule has 0 bridgehead atoms. The zero-order chi connectivity index (χ0) is 22.0.